The van der Waals surface area contributed by atoms with Crippen LogP contribution in [0.1, 0.15) is 36.8 Å². The van der Waals surface area contributed by atoms with Gasteiger partial charge in [-0.3, -0.25) is 9.59 Å². The predicted molar refractivity (Wildman–Crippen MR) is 132 cm³/mol. The number of unbranched alkanes of at least 4 members (excludes halogenated alkanes) is 2. The van der Waals surface area contributed by atoms with Crippen LogP contribution in [-0.4, -0.2) is 51.1 Å². The van der Waals surface area contributed by atoms with Crippen molar-refractivity contribution in [3.63, 3.8) is 0 Å². The zero-order valence-corrected chi connectivity index (χ0v) is 19.6. The maximum atomic E-state index is 12.9. The Hall–Kier alpha value is -2.90. The summed E-state index contributed by atoms with van der Waals surface area (Å²) in [6.07, 6.45) is 4.57. The number of carbonyl (C=O) groups is 2. The van der Waals surface area contributed by atoms with Gasteiger partial charge in [0.15, 0.2) is 0 Å². The van der Waals surface area contributed by atoms with Crippen LogP contribution < -0.4 is 26.4 Å². The second-order valence-electron chi connectivity index (χ2n) is 8.04. The van der Waals surface area contributed by atoms with Crippen molar-refractivity contribution in [1.29, 1.82) is 0 Å². The van der Waals surface area contributed by atoms with Crippen molar-refractivity contribution in [2.75, 3.05) is 33.3 Å². The van der Waals surface area contributed by atoms with Gasteiger partial charge >= 0.3 is 0 Å². The molecule has 7 heteroatoms. The molecule has 0 saturated heterocycles. The van der Waals surface area contributed by atoms with Gasteiger partial charge in [0.25, 0.3) is 0 Å². The van der Waals surface area contributed by atoms with Gasteiger partial charge in [-0.1, -0.05) is 55.0 Å². The average molecular weight is 455 g/mol. The lowest BCUT2D eigenvalue weighted by atomic mass is 10.0. The van der Waals surface area contributed by atoms with Crippen molar-refractivity contribution in [1.82, 2.24) is 16.0 Å². The summed E-state index contributed by atoms with van der Waals surface area (Å²) < 4.78 is 5.34. The van der Waals surface area contributed by atoms with Gasteiger partial charge < -0.3 is 26.4 Å². The summed E-state index contributed by atoms with van der Waals surface area (Å²) in [6, 6.07) is 16.5. The van der Waals surface area contributed by atoms with Crippen molar-refractivity contribution in [2.45, 2.75) is 44.6 Å². The predicted octanol–water partition coefficient (Wildman–Crippen LogP) is 2.19. The number of para-hydroxylation sites is 1. The van der Waals surface area contributed by atoms with Gasteiger partial charge in [-0.2, -0.15) is 0 Å². The Kier molecular flexibility index (Phi) is 12.6. The molecule has 0 bridgehead atoms. The Morgan fingerprint density at radius 1 is 0.909 bits per heavy atom. The van der Waals surface area contributed by atoms with Crippen molar-refractivity contribution >= 4 is 11.8 Å². The van der Waals surface area contributed by atoms with E-state index in [1.54, 1.807) is 7.11 Å². The third kappa shape index (κ3) is 10.5. The van der Waals surface area contributed by atoms with E-state index in [9.17, 15) is 9.59 Å². The Morgan fingerprint density at radius 2 is 1.61 bits per heavy atom. The van der Waals surface area contributed by atoms with Crippen LogP contribution in [0.3, 0.4) is 0 Å². The molecule has 0 radical (unpaired) electrons. The highest BCUT2D eigenvalue weighted by Crippen LogP contribution is 2.17. The van der Waals surface area contributed by atoms with Crippen LogP contribution in [0.4, 0.5) is 0 Å². The van der Waals surface area contributed by atoms with E-state index in [0.29, 0.717) is 25.3 Å². The number of hydrogen-bond acceptors (Lipinski definition) is 5. The fourth-order valence-corrected chi connectivity index (χ4v) is 3.57. The number of nitrogens with one attached hydrogen (secondary N) is 3. The molecule has 2 aromatic carbocycles. The number of hydrogen-bond donors (Lipinski definition) is 4. The van der Waals surface area contributed by atoms with Crippen LogP contribution in [-0.2, 0) is 22.4 Å². The fraction of sp³-hybridized carbons (Fsp3) is 0.462. The summed E-state index contributed by atoms with van der Waals surface area (Å²) in [5.74, 6) is 0.293. The summed E-state index contributed by atoms with van der Waals surface area (Å²) in [5.41, 5.74) is 7.27. The minimum atomic E-state index is -0.632. The van der Waals surface area contributed by atoms with E-state index in [1.807, 2.05) is 54.6 Å². The Morgan fingerprint density at radius 3 is 2.36 bits per heavy atom. The lowest BCUT2D eigenvalue weighted by molar-refractivity contribution is -0.128. The van der Waals surface area contributed by atoms with Crippen LogP contribution in [0.15, 0.2) is 54.6 Å². The van der Waals surface area contributed by atoms with Crippen LogP contribution in [0, 0.1) is 0 Å². The van der Waals surface area contributed by atoms with Crippen molar-refractivity contribution in [3.05, 3.63) is 65.7 Å². The monoisotopic (exact) mass is 454 g/mol. The molecule has 0 fully saturated rings. The highest BCUT2D eigenvalue weighted by molar-refractivity contribution is 5.88. The molecule has 1 atom stereocenters. The highest BCUT2D eigenvalue weighted by atomic mass is 16.5. The fourth-order valence-electron chi connectivity index (χ4n) is 3.57. The lowest BCUT2D eigenvalue weighted by Crippen LogP contribution is -2.48. The first-order valence-electron chi connectivity index (χ1n) is 11.8. The second-order valence-corrected chi connectivity index (χ2v) is 8.04. The van der Waals surface area contributed by atoms with Gasteiger partial charge in [-0.05, 0) is 50.5 Å². The van der Waals surface area contributed by atoms with Crippen molar-refractivity contribution in [2.24, 2.45) is 5.73 Å². The molecule has 0 aromatic heterocycles. The van der Waals surface area contributed by atoms with Gasteiger partial charge in [-0.15, -0.1) is 0 Å². The van der Waals surface area contributed by atoms with E-state index < -0.39 is 6.04 Å². The lowest BCUT2D eigenvalue weighted by Gasteiger charge is -2.19. The van der Waals surface area contributed by atoms with Crippen LogP contribution in [0.25, 0.3) is 0 Å². The van der Waals surface area contributed by atoms with Crippen molar-refractivity contribution < 1.29 is 14.3 Å². The van der Waals surface area contributed by atoms with E-state index in [0.717, 1.165) is 49.9 Å². The Labute approximate surface area is 197 Å². The summed E-state index contributed by atoms with van der Waals surface area (Å²) in [6.45, 7) is 3.21. The minimum absolute atomic E-state index is 0.153. The maximum Gasteiger partial charge on any atom is 0.242 e. The standard InChI is InChI=1S/C26H38N4O3/c1-33-24-14-7-6-13-22(24)20-25(31)30-23(19-21-11-4-2-5-12-21)26(32)29-18-9-3-8-16-28-17-10-15-27/h2,4-7,11-14,23,28H,3,8-10,15-20,27H2,1H3,(H,29,32)(H,30,31)/t23-/m0/s1. The molecular weight excluding hydrogens is 416 g/mol. The molecule has 0 aliphatic carbocycles. The van der Waals surface area contributed by atoms with Gasteiger partial charge in [-0.25, -0.2) is 0 Å². The van der Waals surface area contributed by atoms with E-state index in [4.69, 9.17) is 10.5 Å². The molecule has 2 aromatic rings. The molecule has 0 heterocycles. The zero-order chi connectivity index (χ0) is 23.7. The normalized spacial score (nSPS) is 11.6. The van der Waals surface area contributed by atoms with E-state index in [-0.39, 0.29) is 18.2 Å². The third-order valence-electron chi connectivity index (χ3n) is 5.37. The second kappa shape index (κ2) is 15.8. The summed E-state index contributed by atoms with van der Waals surface area (Å²) in [7, 11) is 1.58. The number of ether oxygens (including phenoxy) is 1. The molecule has 0 saturated carbocycles. The molecule has 0 aliphatic rings. The molecule has 2 rings (SSSR count). The van der Waals surface area contributed by atoms with Crippen LogP contribution in [0.2, 0.25) is 0 Å². The molecule has 7 nitrogen and oxygen atoms in total. The number of carbonyl (C=O) groups excluding carboxylic acids is 2. The van der Waals surface area contributed by atoms with E-state index in [1.165, 1.54) is 0 Å². The molecular formula is C26H38N4O3. The first-order chi connectivity index (χ1) is 16.1. The van der Waals surface area contributed by atoms with Crippen LogP contribution in [0.5, 0.6) is 5.75 Å². The molecule has 5 N–H and O–H groups in total. The zero-order valence-electron chi connectivity index (χ0n) is 19.6. The molecule has 0 aliphatic heterocycles. The minimum Gasteiger partial charge on any atom is -0.496 e. The summed E-state index contributed by atoms with van der Waals surface area (Å²) >= 11 is 0. The Bertz CT molecular complexity index is 829. The maximum absolute atomic E-state index is 12.9. The highest BCUT2D eigenvalue weighted by Gasteiger charge is 2.21. The van der Waals surface area contributed by atoms with E-state index in [2.05, 4.69) is 16.0 Å². The van der Waals surface area contributed by atoms with Crippen LogP contribution >= 0.6 is 0 Å². The first-order valence-corrected chi connectivity index (χ1v) is 11.8. The number of methoxy groups -OCH3 is 1. The van der Waals surface area contributed by atoms with Gasteiger partial charge in [0.05, 0.1) is 13.5 Å². The number of nitrogens with two attached hydrogens (primary N) is 1. The largest absolute Gasteiger partial charge is 0.496 e. The molecule has 180 valence electrons. The average Bonchev–Trinajstić information content (AvgIpc) is 2.83. The smallest absolute Gasteiger partial charge is 0.242 e. The number of amides is 2. The Balaban J connectivity index is 1.85. The molecule has 0 spiro atoms. The summed E-state index contributed by atoms with van der Waals surface area (Å²) in [5, 5.41) is 9.27. The topological polar surface area (TPSA) is 105 Å². The summed E-state index contributed by atoms with van der Waals surface area (Å²) in [4.78, 5) is 25.6. The van der Waals surface area contributed by atoms with Crippen molar-refractivity contribution in [3.8, 4) is 5.75 Å². The molecule has 0 unspecified atom stereocenters. The number of rotatable bonds is 16. The SMILES string of the molecule is COc1ccccc1CC(=O)N[C@@H](Cc1ccccc1)C(=O)NCCCCCNCCCN. The van der Waals surface area contributed by atoms with Gasteiger partial charge in [0.2, 0.25) is 11.8 Å². The molecule has 2 amide bonds. The van der Waals surface area contributed by atoms with Gasteiger partial charge in [0.1, 0.15) is 11.8 Å². The number of benzene rings is 2. The first kappa shape index (κ1) is 26.4. The molecule has 33 heavy (non-hydrogen) atoms. The third-order valence-corrected chi connectivity index (χ3v) is 5.37. The van der Waals surface area contributed by atoms with Gasteiger partial charge in [0, 0.05) is 18.5 Å². The van der Waals surface area contributed by atoms with E-state index >= 15 is 0 Å². The quantitative estimate of drug-likeness (QED) is 0.291.